The average Bonchev–Trinajstić information content (AvgIpc) is 2.45. The molecule has 1 rings (SSSR count). The Morgan fingerprint density at radius 3 is 2.86 bits per heavy atom. The van der Waals surface area contributed by atoms with E-state index in [4.69, 9.17) is 10.5 Å². The number of rotatable bonds is 5. The van der Waals surface area contributed by atoms with Gasteiger partial charge in [-0.1, -0.05) is 0 Å². The van der Waals surface area contributed by atoms with Crippen molar-refractivity contribution in [2.45, 2.75) is 6.42 Å². The number of hydrogen-bond donors (Lipinski definition) is 1. The zero-order chi connectivity index (χ0) is 10.6. The van der Waals surface area contributed by atoms with Gasteiger partial charge < -0.3 is 15.4 Å². The van der Waals surface area contributed by atoms with Gasteiger partial charge in [-0.2, -0.15) is 5.10 Å². The van der Waals surface area contributed by atoms with E-state index in [1.54, 1.807) is 11.8 Å². The van der Waals surface area contributed by atoms with Crippen molar-refractivity contribution in [3.05, 3.63) is 6.20 Å². The van der Waals surface area contributed by atoms with E-state index in [-0.39, 0.29) is 0 Å². The predicted molar refractivity (Wildman–Crippen MR) is 57.4 cm³/mol. The van der Waals surface area contributed by atoms with Crippen molar-refractivity contribution in [2.75, 3.05) is 37.9 Å². The van der Waals surface area contributed by atoms with Crippen molar-refractivity contribution in [1.29, 1.82) is 0 Å². The lowest BCUT2D eigenvalue weighted by molar-refractivity contribution is 0.196. The predicted octanol–water partition coefficient (Wildman–Crippen LogP) is 0.475. The Morgan fingerprint density at radius 2 is 2.36 bits per heavy atom. The van der Waals surface area contributed by atoms with Crippen molar-refractivity contribution < 1.29 is 4.74 Å². The van der Waals surface area contributed by atoms with Gasteiger partial charge >= 0.3 is 0 Å². The first-order valence-electron chi connectivity index (χ1n) is 4.64. The van der Waals surface area contributed by atoms with E-state index >= 15 is 0 Å². The molecule has 1 aromatic heterocycles. The Hall–Kier alpha value is -1.23. The molecule has 80 valence electrons. The standard InChI is InChI=1S/C9H18N4O/c1-12(5-4-6-14-3)9-8(10)7-13(2)11-9/h7H,4-6,10H2,1-3H3. The molecule has 0 aliphatic carbocycles. The summed E-state index contributed by atoms with van der Waals surface area (Å²) in [7, 11) is 5.55. The quantitative estimate of drug-likeness (QED) is 0.699. The summed E-state index contributed by atoms with van der Waals surface area (Å²) in [6, 6.07) is 0. The van der Waals surface area contributed by atoms with Crippen LogP contribution in [0.1, 0.15) is 6.42 Å². The van der Waals surface area contributed by atoms with Gasteiger partial charge in [-0.15, -0.1) is 0 Å². The van der Waals surface area contributed by atoms with E-state index in [2.05, 4.69) is 5.10 Å². The molecular formula is C9H18N4O. The van der Waals surface area contributed by atoms with E-state index < -0.39 is 0 Å². The van der Waals surface area contributed by atoms with Crippen LogP contribution in [0.4, 0.5) is 11.5 Å². The smallest absolute Gasteiger partial charge is 0.173 e. The van der Waals surface area contributed by atoms with E-state index in [0.29, 0.717) is 5.69 Å². The maximum absolute atomic E-state index is 5.79. The molecule has 1 aromatic rings. The average molecular weight is 198 g/mol. The molecule has 0 radical (unpaired) electrons. The second-order valence-electron chi connectivity index (χ2n) is 3.35. The number of nitrogens with two attached hydrogens (primary N) is 1. The van der Waals surface area contributed by atoms with Crippen LogP contribution in [-0.4, -0.2) is 37.1 Å². The molecule has 0 aromatic carbocycles. The normalized spacial score (nSPS) is 10.5. The minimum Gasteiger partial charge on any atom is -0.394 e. The molecule has 2 N–H and O–H groups in total. The van der Waals surface area contributed by atoms with Gasteiger partial charge in [0.25, 0.3) is 0 Å². The molecule has 0 amide bonds. The summed E-state index contributed by atoms with van der Waals surface area (Å²) in [6.07, 6.45) is 2.78. The number of methoxy groups -OCH3 is 1. The molecule has 0 fully saturated rings. The van der Waals surface area contributed by atoms with Crippen LogP contribution in [0.15, 0.2) is 6.20 Å². The number of ether oxygens (including phenoxy) is 1. The third-order valence-electron chi connectivity index (χ3n) is 2.04. The first-order valence-corrected chi connectivity index (χ1v) is 4.64. The van der Waals surface area contributed by atoms with Crippen molar-refractivity contribution in [1.82, 2.24) is 9.78 Å². The fourth-order valence-corrected chi connectivity index (χ4v) is 1.34. The molecule has 0 aliphatic rings. The largest absolute Gasteiger partial charge is 0.394 e. The summed E-state index contributed by atoms with van der Waals surface area (Å²) < 4.78 is 6.70. The van der Waals surface area contributed by atoms with Gasteiger partial charge in [-0.05, 0) is 6.42 Å². The summed E-state index contributed by atoms with van der Waals surface area (Å²) in [4.78, 5) is 2.04. The summed E-state index contributed by atoms with van der Waals surface area (Å²) in [5.74, 6) is 0.837. The highest BCUT2D eigenvalue weighted by molar-refractivity contribution is 5.61. The highest BCUT2D eigenvalue weighted by Crippen LogP contribution is 2.18. The molecule has 0 saturated carbocycles. The molecule has 5 nitrogen and oxygen atoms in total. The van der Waals surface area contributed by atoms with Crippen LogP contribution in [-0.2, 0) is 11.8 Å². The monoisotopic (exact) mass is 198 g/mol. The lowest BCUT2D eigenvalue weighted by Gasteiger charge is -2.16. The molecule has 0 saturated heterocycles. The number of hydrogen-bond acceptors (Lipinski definition) is 4. The number of nitrogen functional groups attached to an aromatic ring is 1. The van der Waals surface area contributed by atoms with Gasteiger partial charge in [-0.3, -0.25) is 4.68 Å². The van der Waals surface area contributed by atoms with Gasteiger partial charge in [0.1, 0.15) is 0 Å². The Balaban J connectivity index is 2.51. The first-order chi connectivity index (χ1) is 6.65. The van der Waals surface area contributed by atoms with Crippen LogP contribution in [0.5, 0.6) is 0 Å². The van der Waals surface area contributed by atoms with Gasteiger partial charge in [-0.25, -0.2) is 0 Å². The SMILES string of the molecule is COCCCN(C)c1nn(C)cc1N. The lowest BCUT2D eigenvalue weighted by Crippen LogP contribution is -2.21. The fourth-order valence-electron chi connectivity index (χ4n) is 1.34. The van der Waals surface area contributed by atoms with Crippen LogP contribution < -0.4 is 10.6 Å². The van der Waals surface area contributed by atoms with E-state index in [1.807, 2.05) is 25.2 Å². The molecular weight excluding hydrogens is 180 g/mol. The fraction of sp³-hybridized carbons (Fsp3) is 0.667. The maximum Gasteiger partial charge on any atom is 0.173 e. The number of aromatic nitrogens is 2. The number of anilines is 2. The molecule has 0 aliphatic heterocycles. The first kappa shape index (κ1) is 10.8. The summed E-state index contributed by atoms with van der Waals surface area (Å²) in [6.45, 7) is 1.66. The number of aryl methyl sites for hydroxylation is 1. The van der Waals surface area contributed by atoms with Crippen molar-refractivity contribution >= 4 is 11.5 Å². The molecule has 14 heavy (non-hydrogen) atoms. The Labute approximate surface area is 84.4 Å². The molecule has 5 heteroatoms. The van der Waals surface area contributed by atoms with Crippen molar-refractivity contribution in [3.63, 3.8) is 0 Å². The minimum atomic E-state index is 0.715. The van der Waals surface area contributed by atoms with E-state index in [0.717, 1.165) is 25.4 Å². The van der Waals surface area contributed by atoms with Gasteiger partial charge in [0.05, 0.1) is 5.69 Å². The molecule has 0 bridgehead atoms. The van der Waals surface area contributed by atoms with Crippen LogP contribution >= 0.6 is 0 Å². The lowest BCUT2D eigenvalue weighted by atomic mass is 10.4. The topological polar surface area (TPSA) is 56.3 Å². The highest BCUT2D eigenvalue weighted by atomic mass is 16.5. The van der Waals surface area contributed by atoms with E-state index in [1.165, 1.54) is 0 Å². The summed E-state index contributed by atoms with van der Waals surface area (Å²) in [5, 5.41) is 4.27. The maximum atomic E-state index is 5.79. The molecule has 0 spiro atoms. The van der Waals surface area contributed by atoms with E-state index in [9.17, 15) is 0 Å². The van der Waals surface area contributed by atoms with Gasteiger partial charge in [0, 0.05) is 40.6 Å². The second-order valence-corrected chi connectivity index (χ2v) is 3.35. The zero-order valence-electron chi connectivity index (χ0n) is 9.03. The molecule has 1 heterocycles. The van der Waals surface area contributed by atoms with Crippen LogP contribution in [0.3, 0.4) is 0 Å². The van der Waals surface area contributed by atoms with Crippen molar-refractivity contribution in [2.24, 2.45) is 7.05 Å². The molecule has 0 unspecified atom stereocenters. The van der Waals surface area contributed by atoms with Crippen LogP contribution in [0.2, 0.25) is 0 Å². The Kier molecular flexibility index (Phi) is 3.76. The molecule has 0 atom stereocenters. The highest BCUT2D eigenvalue weighted by Gasteiger charge is 2.08. The second kappa shape index (κ2) is 4.85. The summed E-state index contributed by atoms with van der Waals surface area (Å²) in [5.41, 5.74) is 6.51. The van der Waals surface area contributed by atoms with Gasteiger partial charge in [0.2, 0.25) is 0 Å². The number of nitrogens with zero attached hydrogens (tertiary/aromatic N) is 3. The van der Waals surface area contributed by atoms with Crippen LogP contribution in [0, 0.1) is 0 Å². The third kappa shape index (κ3) is 2.63. The third-order valence-corrected chi connectivity index (χ3v) is 2.04. The Morgan fingerprint density at radius 1 is 1.64 bits per heavy atom. The Bertz CT molecular complexity index is 284. The van der Waals surface area contributed by atoms with Gasteiger partial charge in [0.15, 0.2) is 5.82 Å². The minimum absolute atomic E-state index is 0.715. The van der Waals surface area contributed by atoms with Crippen LogP contribution in [0.25, 0.3) is 0 Å². The zero-order valence-corrected chi connectivity index (χ0v) is 9.03. The van der Waals surface area contributed by atoms with Crippen molar-refractivity contribution in [3.8, 4) is 0 Å². The summed E-state index contributed by atoms with van der Waals surface area (Å²) >= 11 is 0.